The van der Waals surface area contributed by atoms with Crippen molar-refractivity contribution in [3.63, 3.8) is 0 Å². The van der Waals surface area contributed by atoms with Gasteiger partial charge in [-0.2, -0.15) is 0 Å². The second kappa shape index (κ2) is 8.58. The van der Waals surface area contributed by atoms with E-state index in [4.69, 9.17) is 8.85 Å². The van der Waals surface area contributed by atoms with E-state index in [0.29, 0.717) is 0 Å². The fourth-order valence-corrected chi connectivity index (χ4v) is 4.57. The van der Waals surface area contributed by atoms with Crippen molar-refractivity contribution in [3.8, 4) is 0 Å². The maximum atomic E-state index is 5.46. The summed E-state index contributed by atoms with van der Waals surface area (Å²) in [6.07, 6.45) is 1.20. The van der Waals surface area contributed by atoms with Crippen LogP contribution in [0.3, 0.4) is 0 Å². The summed E-state index contributed by atoms with van der Waals surface area (Å²) < 4.78 is 10.9. The molecule has 0 unspecified atom stereocenters. The predicted molar refractivity (Wildman–Crippen MR) is 53.2 cm³/mol. The van der Waals surface area contributed by atoms with Crippen LogP contribution in [0.5, 0.6) is 0 Å². The summed E-state index contributed by atoms with van der Waals surface area (Å²) in [5.74, 6) is 1.16. The molecule has 0 atom stereocenters. The molecule has 0 saturated carbocycles. The van der Waals surface area contributed by atoms with Crippen LogP contribution in [0.15, 0.2) is 0 Å². The normalized spacial score (nSPS) is 10.9. The number of hydrogen-bond acceptors (Lipinski definition) is 3. The molecule has 0 fully saturated rings. The highest BCUT2D eigenvalue weighted by molar-refractivity contribution is 8.24. The molecule has 0 heterocycles. The van der Waals surface area contributed by atoms with Crippen LogP contribution in [0.2, 0.25) is 0 Å². The van der Waals surface area contributed by atoms with Crippen LogP contribution in [0.1, 0.15) is 27.2 Å². The standard InChI is InChI=1S/C7H18O2SSi/c1-4-7-10-11(8-5-2)9-6-3/h11H,4-7H2,1-3H3. The van der Waals surface area contributed by atoms with Crippen molar-refractivity contribution in [1.82, 2.24) is 0 Å². The molecule has 0 N–H and O–H groups in total. The molecule has 0 aliphatic carbocycles. The molecule has 68 valence electrons. The molecular formula is C7H18O2SSi. The largest absolute Gasteiger partial charge is 0.389 e. The van der Waals surface area contributed by atoms with E-state index in [0.717, 1.165) is 19.0 Å². The first-order chi connectivity index (χ1) is 5.35. The molecule has 0 saturated heterocycles. The Labute approximate surface area is 75.1 Å². The van der Waals surface area contributed by atoms with Gasteiger partial charge in [0, 0.05) is 13.2 Å². The fraction of sp³-hybridized carbons (Fsp3) is 1.00. The van der Waals surface area contributed by atoms with Crippen LogP contribution in [0.4, 0.5) is 0 Å². The molecule has 0 radical (unpaired) electrons. The van der Waals surface area contributed by atoms with Gasteiger partial charge in [0.1, 0.15) is 0 Å². The molecule has 0 aliphatic rings. The van der Waals surface area contributed by atoms with Gasteiger partial charge >= 0.3 is 8.43 Å². The summed E-state index contributed by atoms with van der Waals surface area (Å²) in [6.45, 7) is 7.79. The Bertz CT molecular complexity index is 76.8. The Morgan fingerprint density at radius 1 is 1.09 bits per heavy atom. The van der Waals surface area contributed by atoms with E-state index < -0.39 is 8.43 Å². The topological polar surface area (TPSA) is 18.5 Å². The van der Waals surface area contributed by atoms with Gasteiger partial charge in [0.2, 0.25) is 0 Å². The zero-order valence-electron chi connectivity index (χ0n) is 7.63. The summed E-state index contributed by atoms with van der Waals surface area (Å²) in [7, 11) is -1.33. The van der Waals surface area contributed by atoms with Gasteiger partial charge in [-0.15, -0.1) is 11.2 Å². The van der Waals surface area contributed by atoms with E-state index in [2.05, 4.69) is 6.92 Å². The number of hydrogen-bond donors (Lipinski definition) is 0. The molecule has 0 aromatic rings. The molecule has 0 spiro atoms. The predicted octanol–water partition coefficient (Wildman–Crippen LogP) is 1.92. The Kier molecular flexibility index (Phi) is 8.96. The second-order valence-corrected chi connectivity index (χ2v) is 6.21. The Hall–Kier alpha value is 0.487. The van der Waals surface area contributed by atoms with Crippen molar-refractivity contribution in [3.05, 3.63) is 0 Å². The van der Waals surface area contributed by atoms with Gasteiger partial charge in [-0.05, 0) is 26.0 Å². The van der Waals surface area contributed by atoms with Crippen molar-refractivity contribution in [2.45, 2.75) is 27.2 Å². The lowest BCUT2D eigenvalue weighted by Gasteiger charge is -2.12. The third kappa shape index (κ3) is 6.87. The molecular weight excluding hydrogens is 176 g/mol. The van der Waals surface area contributed by atoms with Gasteiger partial charge in [0.15, 0.2) is 0 Å². The lowest BCUT2D eigenvalue weighted by molar-refractivity contribution is 0.233. The van der Waals surface area contributed by atoms with Crippen molar-refractivity contribution >= 4 is 19.6 Å². The van der Waals surface area contributed by atoms with Crippen LogP contribution >= 0.6 is 11.2 Å². The molecule has 0 aromatic heterocycles. The highest BCUT2D eigenvalue weighted by atomic mass is 32.4. The minimum absolute atomic E-state index is 0.785. The summed E-state index contributed by atoms with van der Waals surface area (Å²) in [5.41, 5.74) is 0. The summed E-state index contributed by atoms with van der Waals surface area (Å²) >= 11 is 1.87. The van der Waals surface area contributed by atoms with Gasteiger partial charge in [-0.1, -0.05) is 6.92 Å². The van der Waals surface area contributed by atoms with E-state index in [1.165, 1.54) is 6.42 Å². The highest BCUT2D eigenvalue weighted by Crippen LogP contribution is 2.10. The summed E-state index contributed by atoms with van der Waals surface area (Å²) in [5, 5.41) is 0. The maximum Gasteiger partial charge on any atom is 0.389 e. The van der Waals surface area contributed by atoms with Crippen LogP contribution in [-0.4, -0.2) is 27.4 Å². The minimum atomic E-state index is -1.33. The minimum Gasteiger partial charge on any atom is -0.389 e. The van der Waals surface area contributed by atoms with Crippen molar-refractivity contribution in [1.29, 1.82) is 0 Å². The maximum absolute atomic E-state index is 5.46. The van der Waals surface area contributed by atoms with E-state index in [9.17, 15) is 0 Å². The Morgan fingerprint density at radius 3 is 2.00 bits per heavy atom. The second-order valence-electron chi connectivity index (χ2n) is 2.07. The zero-order valence-corrected chi connectivity index (χ0v) is 9.60. The first-order valence-electron chi connectivity index (χ1n) is 4.19. The average molecular weight is 194 g/mol. The van der Waals surface area contributed by atoms with Gasteiger partial charge in [-0.3, -0.25) is 0 Å². The van der Waals surface area contributed by atoms with Gasteiger partial charge in [0.25, 0.3) is 0 Å². The molecule has 0 aromatic carbocycles. The summed E-state index contributed by atoms with van der Waals surface area (Å²) in [4.78, 5) is 0. The van der Waals surface area contributed by atoms with Crippen LogP contribution in [0, 0.1) is 0 Å². The fourth-order valence-electron chi connectivity index (χ4n) is 0.631. The zero-order chi connectivity index (χ0) is 8.53. The van der Waals surface area contributed by atoms with Gasteiger partial charge < -0.3 is 8.85 Å². The first-order valence-corrected chi connectivity index (χ1v) is 7.60. The van der Waals surface area contributed by atoms with E-state index in [-0.39, 0.29) is 0 Å². The monoisotopic (exact) mass is 194 g/mol. The van der Waals surface area contributed by atoms with Gasteiger partial charge in [-0.25, -0.2) is 0 Å². The molecule has 2 nitrogen and oxygen atoms in total. The Morgan fingerprint density at radius 2 is 1.64 bits per heavy atom. The average Bonchev–Trinajstić information content (AvgIpc) is 2.01. The molecule has 0 aliphatic heterocycles. The third-order valence-electron chi connectivity index (χ3n) is 1.06. The highest BCUT2D eigenvalue weighted by Gasteiger charge is 2.10. The molecule has 11 heavy (non-hydrogen) atoms. The smallest absolute Gasteiger partial charge is 0.389 e. The van der Waals surface area contributed by atoms with E-state index in [1.54, 1.807) is 0 Å². The van der Waals surface area contributed by atoms with Crippen molar-refractivity contribution in [2.75, 3.05) is 19.0 Å². The van der Waals surface area contributed by atoms with Crippen molar-refractivity contribution < 1.29 is 8.85 Å². The summed E-state index contributed by atoms with van der Waals surface area (Å²) in [6, 6.07) is 0. The van der Waals surface area contributed by atoms with Gasteiger partial charge in [0.05, 0.1) is 0 Å². The lowest BCUT2D eigenvalue weighted by atomic mass is 10.6. The van der Waals surface area contributed by atoms with E-state index in [1.807, 2.05) is 25.1 Å². The van der Waals surface area contributed by atoms with E-state index >= 15 is 0 Å². The van der Waals surface area contributed by atoms with Crippen LogP contribution in [0.25, 0.3) is 0 Å². The molecule has 0 rings (SSSR count). The Balaban J connectivity index is 3.34. The van der Waals surface area contributed by atoms with Crippen LogP contribution < -0.4 is 0 Å². The van der Waals surface area contributed by atoms with Crippen LogP contribution in [-0.2, 0) is 8.85 Å². The first kappa shape index (κ1) is 11.5. The lowest BCUT2D eigenvalue weighted by Crippen LogP contribution is -2.19. The molecule has 0 amide bonds. The SMILES string of the molecule is CCCS[SiH](OCC)OCC. The molecule has 4 heteroatoms. The number of rotatable bonds is 7. The molecule has 0 bridgehead atoms. The van der Waals surface area contributed by atoms with Crippen molar-refractivity contribution in [2.24, 2.45) is 0 Å². The third-order valence-corrected chi connectivity index (χ3v) is 5.53. The quantitative estimate of drug-likeness (QED) is 0.577.